The smallest absolute Gasteiger partial charge is 0.337 e. The molecule has 28 heavy (non-hydrogen) atoms. The summed E-state index contributed by atoms with van der Waals surface area (Å²) in [5.41, 5.74) is 2.66. The molecule has 0 amide bonds. The van der Waals surface area contributed by atoms with Gasteiger partial charge in [0, 0.05) is 36.3 Å². The molecule has 0 radical (unpaired) electrons. The molecular formula is C19H21Cl2FN2O4. The van der Waals surface area contributed by atoms with E-state index in [9.17, 15) is 14.3 Å². The summed E-state index contributed by atoms with van der Waals surface area (Å²) >= 11 is 0. The van der Waals surface area contributed by atoms with Crippen LogP contribution < -0.4 is 15.0 Å². The number of para-hydroxylation sites is 1. The highest BCUT2D eigenvalue weighted by Crippen LogP contribution is 2.42. The Balaban J connectivity index is 0.00000140. The van der Waals surface area contributed by atoms with Crippen molar-refractivity contribution >= 4 is 36.5 Å². The SMILES string of the molecule is Cl.Cl.O=C(O)c1cc(F)cc(-c2cccc3c2OCNC3)c1N1CCOCC1. The number of hydrogen-bond donors (Lipinski definition) is 2. The minimum Gasteiger partial charge on any atom is -0.478 e. The van der Waals surface area contributed by atoms with Gasteiger partial charge in [-0.3, -0.25) is 5.32 Å². The second-order valence-corrected chi connectivity index (χ2v) is 6.26. The maximum atomic E-state index is 14.3. The van der Waals surface area contributed by atoms with E-state index in [2.05, 4.69) is 5.32 Å². The van der Waals surface area contributed by atoms with E-state index in [4.69, 9.17) is 9.47 Å². The first kappa shape index (κ1) is 22.2. The Bertz CT molecular complexity index is 860. The highest BCUT2D eigenvalue weighted by Gasteiger charge is 2.26. The summed E-state index contributed by atoms with van der Waals surface area (Å²) in [7, 11) is 0. The third kappa shape index (κ3) is 4.17. The van der Waals surface area contributed by atoms with Gasteiger partial charge in [0.25, 0.3) is 0 Å². The Labute approximate surface area is 174 Å². The van der Waals surface area contributed by atoms with Crippen LogP contribution in [0.2, 0.25) is 0 Å². The van der Waals surface area contributed by atoms with Crippen molar-refractivity contribution in [3.63, 3.8) is 0 Å². The lowest BCUT2D eigenvalue weighted by molar-refractivity contribution is 0.0695. The maximum absolute atomic E-state index is 14.3. The van der Waals surface area contributed by atoms with Crippen LogP contribution in [-0.2, 0) is 11.3 Å². The zero-order valence-electron chi connectivity index (χ0n) is 14.9. The number of carboxylic acid groups (broad SMARTS) is 1. The Kier molecular flexibility index (Phi) is 7.48. The lowest BCUT2D eigenvalue weighted by Crippen LogP contribution is -2.37. The molecule has 2 aliphatic rings. The summed E-state index contributed by atoms with van der Waals surface area (Å²) in [6, 6.07) is 8.12. The van der Waals surface area contributed by atoms with E-state index in [0.717, 1.165) is 11.6 Å². The van der Waals surface area contributed by atoms with Gasteiger partial charge in [0.05, 0.1) is 24.5 Å². The number of rotatable bonds is 3. The molecule has 2 heterocycles. The molecule has 0 unspecified atom stereocenters. The third-order valence-electron chi connectivity index (χ3n) is 4.65. The van der Waals surface area contributed by atoms with Gasteiger partial charge in [-0.05, 0) is 12.1 Å². The summed E-state index contributed by atoms with van der Waals surface area (Å²) in [6.45, 7) is 3.12. The van der Waals surface area contributed by atoms with Gasteiger partial charge >= 0.3 is 5.97 Å². The van der Waals surface area contributed by atoms with Crippen LogP contribution in [0.25, 0.3) is 11.1 Å². The molecule has 4 rings (SSSR count). The number of carboxylic acids is 1. The Morgan fingerprint density at radius 3 is 2.61 bits per heavy atom. The number of halogens is 3. The molecule has 0 aliphatic carbocycles. The van der Waals surface area contributed by atoms with Crippen LogP contribution in [0.1, 0.15) is 15.9 Å². The molecule has 0 aromatic heterocycles. The number of fused-ring (bicyclic) bond motifs is 1. The summed E-state index contributed by atoms with van der Waals surface area (Å²) in [4.78, 5) is 13.8. The van der Waals surface area contributed by atoms with E-state index in [1.165, 1.54) is 6.07 Å². The van der Waals surface area contributed by atoms with E-state index in [-0.39, 0.29) is 30.4 Å². The summed E-state index contributed by atoms with van der Waals surface area (Å²) < 4.78 is 25.4. The number of aromatic carboxylic acids is 1. The molecule has 0 saturated carbocycles. The van der Waals surface area contributed by atoms with Crippen molar-refractivity contribution in [1.29, 1.82) is 0 Å². The van der Waals surface area contributed by atoms with Gasteiger partial charge < -0.3 is 19.5 Å². The lowest BCUT2D eigenvalue weighted by atomic mass is 9.95. The number of ether oxygens (including phenoxy) is 2. The van der Waals surface area contributed by atoms with Crippen molar-refractivity contribution in [2.75, 3.05) is 37.9 Å². The third-order valence-corrected chi connectivity index (χ3v) is 4.65. The van der Waals surface area contributed by atoms with Gasteiger partial charge in [0.1, 0.15) is 18.3 Å². The molecule has 0 spiro atoms. The standard InChI is InChI=1S/C19H19FN2O4.2ClH/c20-13-8-15(14-3-1-2-12-10-21-11-26-18(12)14)17(16(9-13)19(23)24)22-4-6-25-7-5-22;;/h1-3,8-9,21H,4-7,10-11H2,(H,23,24);2*1H. The zero-order chi connectivity index (χ0) is 18.1. The number of anilines is 1. The fourth-order valence-electron chi connectivity index (χ4n) is 3.51. The van der Waals surface area contributed by atoms with Crippen LogP contribution in [0.15, 0.2) is 30.3 Å². The molecule has 2 aromatic carbocycles. The quantitative estimate of drug-likeness (QED) is 0.778. The number of nitrogens with zero attached hydrogens (tertiary/aromatic N) is 1. The number of nitrogens with one attached hydrogen (secondary N) is 1. The van der Waals surface area contributed by atoms with Crippen LogP contribution in [0.4, 0.5) is 10.1 Å². The fourth-order valence-corrected chi connectivity index (χ4v) is 3.51. The Morgan fingerprint density at radius 1 is 1.14 bits per heavy atom. The number of morpholine rings is 1. The van der Waals surface area contributed by atoms with Crippen LogP contribution in [0.5, 0.6) is 5.75 Å². The molecule has 2 aliphatic heterocycles. The average molecular weight is 431 g/mol. The number of benzene rings is 2. The van der Waals surface area contributed by atoms with Gasteiger partial charge in [0.2, 0.25) is 0 Å². The first-order valence-electron chi connectivity index (χ1n) is 8.50. The van der Waals surface area contributed by atoms with Gasteiger partial charge in [-0.1, -0.05) is 18.2 Å². The van der Waals surface area contributed by atoms with Crippen molar-refractivity contribution in [2.45, 2.75) is 6.54 Å². The van der Waals surface area contributed by atoms with E-state index < -0.39 is 11.8 Å². The van der Waals surface area contributed by atoms with Crippen molar-refractivity contribution in [1.82, 2.24) is 5.32 Å². The normalized spacial score (nSPS) is 15.5. The molecule has 6 nitrogen and oxygen atoms in total. The topological polar surface area (TPSA) is 71.0 Å². The van der Waals surface area contributed by atoms with Crippen molar-refractivity contribution < 1.29 is 23.8 Å². The molecule has 9 heteroatoms. The predicted molar refractivity (Wildman–Crippen MR) is 109 cm³/mol. The monoisotopic (exact) mass is 430 g/mol. The molecule has 2 N–H and O–H groups in total. The number of hydrogen-bond acceptors (Lipinski definition) is 5. The minimum absolute atomic E-state index is 0. The summed E-state index contributed by atoms with van der Waals surface area (Å²) in [5, 5.41) is 12.8. The predicted octanol–water partition coefficient (Wildman–Crippen LogP) is 3.31. The zero-order valence-corrected chi connectivity index (χ0v) is 16.6. The van der Waals surface area contributed by atoms with Crippen molar-refractivity contribution in [3.05, 3.63) is 47.3 Å². The fraction of sp³-hybridized carbons (Fsp3) is 0.316. The lowest BCUT2D eigenvalue weighted by Gasteiger charge is -2.32. The van der Waals surface area contributed by atoms with Gasteiger partial charge in [-0.2, -0.15) is 0 Å². The molecule has 0 bridgehead atoms. The second-order valence-electron chi connectivity index (χ2n) is 6.26. The minimum atomic E-state index is -1.15. The molecule has 1 fully saturated rings. The van der Waals surface area contributed by atoms with Crippen LogP contribution in [0, 0.1) is 5.82 Å². The number of carbonyl (C=O) groups is 1. The molecular weight excluding hydrogens is 410 g/mol. The van der Waals surface area contributed by atoms with Crippen LogP contribution in [0.3, 0.4) is 0 Å². The van der Waals surface area contributed by atoms with Crippen LogP contribution in [-0.4, -0.2) is 44.1 Å². The van der Waals surface area contributed by atoms with E-state index in [0.29, 0.717) is 62.1 Å². The van der Waals surface area contributed by atoms with Crippen molar-refractivity contribution in [2.24, 2.45) is 0 Å². The van der Waals surface area contributed by atoms with E-state index in [1.54, 1.807) is 0 Å². The highest BCUT2D eigenvalue weighted by molar-refractivity contribution is 6.00. The van der Waals surface area contributed by atoms with Gasteiger partial charge in [-0.15, -0.1) is 24.8 Å². The van der Waals surface area contributed by atoms with Gasteiger partial charge in [0.15, 0.2) is 0 Å². The largest absolute Gasteiger partial charge is 0.478 e. The molecule has 152 valence electrons. The Morgan fingerprint density at radius 2 is 1.89 bits per heavy atom. The summed E-state index contributed by atoms with van der Waals surface area (Å²) in [6.07, 6.45) is 0. The van der Waals surface area contributed by atoms with Crippen LogP contribution >= 0.6 is 24.8 Å². The first-order valence-corrected chi connectivity index (χ1v) is 8.50. The molecule has 1 saturated heterocycles. The van der Waals surface area contributed by atoms with E-state index in [1.807, 2.05) is 23.1 Å². The Hall–Kier alpha value is -2.06. The van der Waals surface area contributed by atoms with Crippen molar-refractivity contribution in [3.8, 4) is 16.9 Å². The van der Waals surface area contributed by atoms with Gasteiger partial charge in [-0.25, -0.2) is 9.18 Å². The summed E-state index contributed by atoms with van der Waals surface area (Å²) in [5.74, 6) is -1.07. The maximum Gasteiger partial charge on any atom is 0.337 e. The average Bonchev–Trinajstić information content (AvgIpc) is 2.67. The highest BCUT2D eigenvalue weighted by atomic mass is 35.5. The van der Waals surface area contributed by atoms with E-state index >= 15 is 0 Å². The molecule has 2 aromatic rings. The first-order chi connectivity index (χ1) is 12.6. The molecule has 0 atom stereocenters. The second kappa shape index (κ2) is 9.43.